The van der Waals surface area contributed by atoms with Crippen LogP contribution in [0.25, 0.3) is 11.0 Å². The summed E-state index contributed by atoms with van der Waals surface area (Å²) in [6.45, 7) is 4.02. The second kappa shape index (κ2) is 10.8. The van der Waals surface area contributed by atoms with Crippen LogP contribution in [0.1, 0.15) is 32.6 Å². The molecule has 212 valence electrons. The van der Waals surface area contributed by atoms with Crippen molar-refractivity contribution >= 4 is 28.8 Å². The molecule has 0 aliphatic carbocycles. The minimum Gasteiger partial charge on any atom is -0.396 e. The first-order chi connectivity index (χ1) is 19.5. The summed E-state index contributed by atoms with van der Waals surface area (Å²) in [6, 6.07) is 6.67. The number of hydrogen-bond donors (Lipinski definition) is 1. The maximum absolute atomic E-state index is 14.4. The molecule has 2 saturated heterocycles. The molecular formula is C29H36N6O5. The van der Waals surface area contributed by atoms with Crippen molar-refractivity contribution in [1.29, 1.82) is 0 Å². The molecule has 1 N–H and O–H groups in total. The Morgan fingerprint density at radius 2 is 1.82 bits per heavy atom. The van der Waals surface area contributed by atoms with E-state index >= 15 is 0 Å². The maximum atomic E-state index is 14.4. The van der Waals surface area contributed by atoms with Crippen molar-refractivity contribution in [3.8, 4) is 0 Å². The van der Waals surface area contributed by atoms with Crippen molar-refractivity contribution in [2.45, 2.75) is 57.0 Å². The third kappa shape index (κ3) is 4.23. The van der Waals surface area contributed by atoms with E-state index in [9.17, 15) is 19.5 Å². The molecule has 6 rings (SSSR count). The predicted molar refractivity (Wildman–Crippen MR) is 145 cm³/mol. The molecule has 4 aliphatic rings. The van der Waals surface area contributed by atoms with Gasteiger partial charge < -0.3 is 24.5 Å². The summed E-state index contributed by atoms with van der Waals surface area (Å²) < 4.78 is 8.37. The summed E-state index contributed by atoms with van der Waals surface area (Å²) in [5.74, 6) is -2.02. The van der Waals surface area contributed by atoms with Crippen molar-refractivity contribution in [1.82, 2.24) is 29.7 Å². The van der Waals surface area contributed by atoms with Crippen LogP contribution >= 0.6 is 0 Å². The van der Waals surface area contributed by atoms with Gasteiger partial charge in [0.25, 0.3) is 5.91 Å². The number of aromatic nitrogens is 3. The molecule has 1 spiro atoms. The average molecular weight is 549 g/mol. The van der Waals surface area contributed by atoms with Crippen LogP contribution in [0.2, 0.25) is 0 Å². The van der Waals surface area contributed by atoms with Gasteiger partial charge in [-0.3, -0.25) is 14.4 Å². The summed E-state index contributed by atoms with van der Waals surface area (Å²) >= 11 is 0. The molecule has 2 aromatic rings. The number of para-hydroxylation sites is 1. The number of nitrogens with zero attached hydrogens (tertiary/aromatic N) is 6. The second-order valence-electron chi connectivity index (χ2n) is 11.1. The van der Waals surface area contributed by atoms with Crippen LogP contribution in [0, 0.1) is 11.8 Å². The maximum Gasteiger partial charge on any atom is 0.250 e. The molecule has 40 heavy (non-hydrogen) atoms. The molecule has 11 heteroatoms. The number of carbonyl (C=O) groups excluding carboxylic acids is 3. The van der Waals surface area contributed by atoms with E-state index in [2.05, 4.69) is 10.3 Å². The number of unbranched alkanes of at least 4 members (excludes halogenated alkanes) is 2. The second-order valence-corrected chi connectivity index (χ2v) is 11.1. The summed E-state index contributed by atoms with van der Waals surface area (Å²) in [6.07, 6.45) is 9.80. The highest BCUT2D eigenvalue weighted by atomic mass is 16.5. The largest absolute Gasteiger partial charge is 0.396 e. The van der Waals surface area contributed by atoms with Gasteiger partial charge in [0.15, 0.2) is 0 Å². The number of hydrogen-bond acceptors (Lipinski definition) is 7. The number of carbonyl (C=O) groups is 3. The van der Waals surface area contributed by atoms with Crippen molar-refractivity contribution in [3.05, 3.63) is 48.6 Å². The quantitative estimate of drug-likeness (QED) is 0.371. The SMILES string of the molecule is CCCN1CC=C[C@@H]2O[C@]34C=CCN(Cn5nnc6ccccc65)C(=O)C3N(CCCCCO)C(=O)[C@@H]4[C@@H]2C1=O. The van der Waals surface area contributed by atoms with Gasteiger partial charge in [-0.05, 0) is 37.8 Å². The van der Waals surface area contributed by atoms with Crippen LogP contribution in [0.15, 0.2) is 48.6 Å². The third-order valence-electron chi connectivity index (χ3n) is 8.60. The van der Waals surface area contributed by atoms with Crippen molar-refractivity contribution in [3.63, 3.8) is 0 Å². The molecule has 2 fully saturated rings. The molecule has 1 unspecified atom stereocenters. The molecule has 5 heterocycles. The zero-order valence-electron chi connectivity index (χ0n) is 22.8. The summed E-state index contributed by atoms with van der Waals surface area (Å²) in [7, 11) is 0. The number of likely N-dealkylation sites (tertiary alicyclic amines) is 1. The number of rotatable bonds is 9. The Bertz CT molecular complexity index is 1360. The Morgan fingerprint density at radius 1 is 1.00 bits per heavy atom. The summed E-state index contributed by atoms with van der Waals surface area (Å²) in [4.78, 5) is 47.5. The highest BCUT2D eigenvalue weighted by molar-refractivity contribution is 5.99. The molecule has 0 radical (unpaired) electrons. The number of amides is 3. The lowest BCUT2D eigenvalue weighted by Crippen LogP contribution is -2.55. The zero-order valence-corrected chi connectivity index (χ0v) is 22.8. The molecule has 1 aromatic carbocycles. The Balaban J connectivity index is 1.36. The van der Waals surface area contributed by atoms with Crippen molar-refractivity contribution in [2.24, 2.45) is 11.8 Å². The van der Waals surface area contributed by atoms with Crippen LogP contribution in [0.4, 0.5) is 0 Å². The Morgan fingerprint density at radius 3 is 2.65 bits per heavy atom. The number of ether oxygens (including phenoxy) is 1. The lowest BCUT2D eigenvalue weighted by atomic mass is 9.77. The van der Waals surface area contributed by atoms with Crippen LogP contribution in [0.3, 0.4) is 0 Å². The third-order valence-corrected chi connectivity index (χ3v) is 8.60. The predicted octanol–water partition coefficient (Wildman–Crippen LogP) is 1.34. The monoisotopic (exact) mass is 548 g/mol. The van der Waals surface area contributed by atoms with Crippen LogP contribution < -0.4 is 0 Å². The standard InChI is InChI=1S/C29H36N6O5/c1-2-14-32-15-8-12-22-23(26(32)37)24-27(38)34(17-6-3-7-18-36)25-28(39)33(16-9-13-29(24,25)40-22)19-35-21-11-5-4-10-20(21)30-31-35/h4-5,8-13,22-25,36H,2-3,6-7,14-19H2,1H3/t22-,23+,24-,25?,29-/m0/s1. The number of aliphatic hydroxyl groups excluding tert-OH is 1. The zero-order chi connectivity index (χ0) is 27.9. The molecule has 0 saturated carbocycles. The first kappa shape index (κ1) is 26.6. The van der Waals surface area contributed by atoms with Crippen LogP contribution in [0.5, 0.6) is 0 Å². The van der Waals surface area contributed by atoms with Gasteiger partial charge in [-0.1, -0.05) is 48.6 Å². The lowest BCUT2D eigenvalue weighted by molar-refractivity contribution is -0.149. The first-order valence-electron chi connectivity index (χ1n) is 14.3. The molecule has 1 aromatic heterocycles. The molecule has 4 aliphatic heterocycles. The Kier molecular flexibility index (Phi) is 7.18. The van der Waals surface area contributed by atoms with E-state index in [-0.39, 0.29) is 31.0 Å². The van der Waals surface area contributed by atoms with Gasteiger partial charge in [-0.15, -0.1) is 5.10 Å². The average Bonchev–Trinajstić information content (AvgIpc) is 3.51. The van der Waals surface area contributed by atoms with Crippen LogP contribution in [-0.2, 0) is 25.8 Å². The van der Waals surface area contributed by atoms with Gasteiger partial charge in [0, 0.05) is 32.8 Å². The van der Waals surface area contributed by atoms with Crippen molar-refractivity contribution < 1.29 is 24.2 Å². The summed E-state index contributed by atoms with van der Waals surface area (Å²) in [5.41, 5.74) is 0.305. The van der Waals surface area contributed by atoms with Gasteiger partial charge in [-0.25, -0.2) is 4.68 Å². The lowest BCUT2D eigenvalue weighted by Gasteiger charge is -2.35. The highest BCUT2D eigenvalue weighted by Crippen LogP contribution is 2.53. The van der Waals surface area contributed by atoms with E-state index in [0.717, 1.165) is 23.9 Å². The number of fused-ring (bicyclic) bond motifs is 3. The highest BCUT2D eigenvalue weighted by Gasteiger charge is 2.71. The summed E-state index contributed by atoms with van der Waals surface area (Å²) in [5, 5.41) is 17.8. The van der Waals surface area contributed by atoms with Gasteiger partial charge in [0.05, 0.1) is 23.5 Å². The van der Waals surface area contributed by atoms with E-state index in [0.29, 0.717) is 39.0 Å². The van der Waals surface area contributed by atoms with E-state index in [1.807, 2.05) is 55.5 Å². The van der Waals surface area contributed by atoms with E-state index in [4.69, 9.17) is 4.74 Å². The molecule has 3 amide bonds. The fraction of sp³-hybridized carbons (Fsp3) is 0.552. The number of benzene rings is 1. The molecule has 11 nitrogen and oxygen atoms in total. The van der Waals surface area contributed by atoms with E-state index in [1.165, 1.54) is 0 Å². The Hall–Kier alpha value is -3.57. The van der Waals surface area contributed by atoms with Crippen molar-refractivity contribution in [2.75, 3.05) is 32.8 Å². The minimum atomic E-state index is -1.24. The normalized spacial score (nSPS) is 29.6. The fourth-order valence-corrected chi connectivity index (χ4v) is 6.83. The molecule has 5 atom stereocenters. The first-order valence-corrected chi connectivity index (χ1v) is 14.3. The smallest absolute Gasteiger partial charge is 0.250 e. The fourth-order valence-electron chi connectivity index (χ4n) is 6.83. The van der Waals surface area contributed by atoms with Gasteiger partial charge in [-0.2, -0.15) is 0 Å². The molecule has 0 bridgehead atoms. The van der Waals surface area contributed by atoms with Gasteiger partial charge in [0.2, 0.25) is 11.8 Å². The molecular weight excluding hydrogens is 512 g/mol. The van der Waals surface area contributed by atoms with Gasteiger partial charge in [0.1, 0.15) is 23.8 Å². The van der Waals surface area contributed by atoms with E-state index in [1.54, 1.807) is 19.4 Å². The van der Waals surface area contributed by atoms with E-state index < -0.39 is 29.6 Å². The topological polar surface area (TPSA) is 121 Å². The number of aliphatic hydroxyl groups is 1. The Labute approximate surface area is 233 Å². The van der Waals surface area contributed by atoms with Gasteiger partial charge >= 0.3 is 0 Å². The van der Waals surface area contributed by atoms with Crippen LogP contribution in [-0.4, -0.2) is 103 Å². The minimum absolute atomic E-state index is 0.0756.